The summed E-state index contributed by atoms with van der Waals surface area (Å²) >= 11 is 0. The highest BCUT2D eigenvalue weighted by atomic mass is 14.7. The van der Waals surface area contributed by atoms with Crippen LogP contribution in [0.15, 0.2) is 66.2 Å². The monoisotopic (exact) mass is 221 g/mol. The van der Waals surface area contributed by atoms with Gasteiger partial charge in [0.2, 0.25) is 0 Å². The Kier molecular flexibility index (Phi) is 3.51. The molecule has 0 aliphatic heterocycles. The van der Waals surface area contributed by atoms with E-state index in [4.69, 9.17) is 0 Å². The molecule has 0 unspecified atom stereocenters. The lowest BCUT2D eigenvalue weighted by Gasteiger charge is -2.09. The minimum atomic E-state index is 1.00. The van der Waals surface area contributed by atoms with Crippen molar-refractivity contribution in [3.8, 4) is 0 Å². The van der Waals surface area contributed by atoms with Gasteiger partial charge in [0.15, 0.2) is 0 Å². The van der Waals surface area contributed by atoms with Gasteiger partial charge in [-0.25, -0.2) is 0 Å². The van der Waals surface area contributed by atoms with Crippen LogP contribution in [0.25, 0.3) is 6.08 Å². The topological polar surface area (TPSA) is 12.4 Å². The number of benzene rings is 2. The lowest BCUT2D eigenvalue weighted by atomic mass is 9.97. The molecule has 0 spiro atoms. The molecule has 0 radical (unpaired) electrons. The molecular formula is C16H15N. The number of aliphatic imine (C=N–C) groups is 1. The van der Waals surface area contributed by atoms with E-state index in [2.05, 4.69) is 35.8 Å². The summed E-state index contributed by atoms with van der Waals surface area (Å²) in [5.41, 5.74) is 4.36. The maximum absolute atomic E-state index is 4.41. The van der Waals surface area contributed by atoms with Crippen LogP contribution >= 0.6 is 0 Å². The van der Waals surface area contributed by atoms with E-state index in [9.17, 15) is 0 Å². The molecule has 84 valence electrons. The number of nitrogens with zero attached hydrogens (tertiary/aromatic N) is 1. The first-order valence-electron chi connectivity index (χ1n) is 5.61. The largest absolute Gasteiger partial charge is 0.287 e. The third-order valence-corrected chi connectivity index (χ3v) is 2.71. The number of hydrogen-bond acceptors (Lipinski definition) is 1. The van der Waals surface area contributed by atoms with Crippen molar-refractivity contribution in [3.63, 3.8) is 0 Å². The van der Waals surface area contributed by atoms with Crippen molar-refractivity contribution in [1.82, 2.24) is 0 Å². The lowest BCUT2D eigenvalue weighted by Crippen LogP contribution is -2.04. The summed E-state index contributed by atoms with van der Waals surface area (Å²) in [6.07, 6.45) is 1.86. The van der Waals surface area contributed by atoms with Crippen molar-refractivity contribution in [2.45, 2.75) is 0 Å². The van der Waals surface area contributed by atoms with Gasteiger partial charge in [0.05, 0.1) is 5.71 Å². The molecule has 1 heteroatoms. The molecule has 2 aromatic rings. The quantitative estimate of drug-likeness (QED) is 0.699. The molecule has 0 amide bonds. The maximum atomic E-state index is 4.41. The van der Waals surface area contributed by atoms with Crippen molar-refractivity contribution in [1.29, 1.82) is 0 Å². The van der Waals surface area contributed by atoms with Crippen LogP contribution in [-0.4, -0.2) is 12.8 Å². The zero-order chi connectivity index (χ0) is 12.1. The van der Waals surface area contributed by atoms with Crippen LogP contribution < -0.4 is 0 Å². The van der Waals surface area contributed by atoms with Crippen molar-refractivity contribution < 1.29 is 0 Å². The predicted molar refractivity (Wildman–Crippen MR) is 74.5 cm³/mol. The van der Waals surface area contributed by atoms with Gasteiger partial charge in [0, 0.05) is 18.2 Å². The first-order chi connectivity index (χ1) is 8.36. The molecule has 0 saturated carbocycles. The smallest absolute Gasteiger partial charge is 0.0721 e. The summed E-state index contributed by atoms with van der Waals surface area (Å²) < 4.78 is 0. The fraction of sp³-hybridized carbons (Fsp3) is 0.0625. The molecule has 0 bridgehead atoms. The SMILES string of the molecule is C=Cc1ccccc1C(=NC)c1ccccc1. The highest BCUT2D eigenvalue weighted by Gasteiger charge is 2.08. The van der Waals surface area contributed by atoms with Gasteiger partial charge in [0.25, 0.3) is 0 Å². The molecular weight excluding hydrogens is 206 g/mol. The molecule has 0 aromatic heterocycles. The van der Waals surface area contributed by atoms with E-state index in [1.807, 2.05) is 43.5 Å². The molecule has 1 nitrogen and oxygen atoms in total. The molecule has 0 aliphatic rings. The summed E-state index contributed by atoms with van der Waals surface area (Å²) in [6, 6.07) is 18.4. The van der Waals surface area contributed by atoms with Gasteiger partial charge >= 0.3 is 0 Å². The second-order valence-corrected chi connectivity index (χ2v) is 3.73. The Hall–Kier alpha value is -2.15. The first kappa shape index (κ1) is 11.3. The van der Waals surface area contributed by atoms with E-state index < -0.39 is 0 Å². The third kappa shape index (κ3) is 2.34. The highest BCUT2D eigenvalue weighted by Crippen LogP contribution is 2.16. The Bertz CT molecular complexity index is 538. The standard InChI is InChI=1S/C16H15N/c1-3-13-9-7-8-12-15(13)16(17-2)14-10-5-4-6-11-14/h3-12H,1H2,2H3. The fourth-order valence-corrected chi connectivity index (χ4v) is 1.89. The zero-order valence-corrected chi connectivity index (χ0v) is 9.93. The average molecular weight is 221 g/mol. The molecule has 0 saturated heterocycles. The fourth-order valence-electron chi connectivity index (χ4n) is 1.89. The Morgan fingerprint density at radius 2 is 1.65 bits per heavy atom. The average Bonchev–Trinajstić information content (AvgIpc) is 2.41. The molecule has 2 aromatic carbocycles. The zero-order valence-electron chi connectivity index (χ0n) is 9.93. The van der Waals surface area contributed by atoms with Gasteiger partial charge in [-0.15, -0.1) is 0 Å². The molecule has 0 atom stereocenters. The summed E-state index contributed by atoms with van der Waals surface area (Å²) in [7, 11) is 1.82. The van der Waals surface area contributed by atoms with E-state index in [-0.39, 0.29) is 0 Å². The van der Waals surface area contributed by atoms with Crippen molar-refractivity contribution in [2.75, 3.05) is 7.05 Å². The van der Waals surface area contributed by atoms with E-state index in [1.54, 1.807) is 0 Å². The summed E-state index contributed by atoms with van der Waals surface area (Å²) in [5.74, 6) is 0. The van der Waals surface area contributed by atoms with Crippen molar-refractivity contribution in [2.24, 2.45) is 4.99 Å². The number of hydrogen-bond donors (Lipinski definition) is 0. The second kappa shape index (κ2) is 5.26. The first-order valence-corrected chi connectivity index (χ1v) is 5.61. The molecule has 0 fully saturated rings. The Labute approximate surface area is 102 Å². The highest BCUT2D eigenvalue weighted by molar-refractivity contribution is 6.14. The Morgan fingerprint density at radius 3 is 2.29 bits per heavy atom. The molecule has 0 heterocycles. The molecule has 2 rings (SSSR count). The Morgan fingerprint density at radius 1 is 1.00 bits per heavy atom. The van der Waals surface area contributed by atoms with E-state index in [1.165, 1.54) is 0 Å². The van der Waals surface area contributed by atoms with E-state index >= 15 is 0 Å². The van der Waals surface area contributed by atoms with Crippen LogP contribution in [0.3, 0.4) is 0 Å². The van der Waals surface area contributed by atoms with Crippen LogP contribution in [0, 0.1) is 0 Å². The maximum Gasteiger partial charge on any atom is 0.0721 e. The summed E-state index contributed by atoms with van der Waals surface area (Å²) in [5, 5.41) is 0. The van der Waals surface area contributed by atoms with E-state index in [0.717, 1.165) is 22.4 Å². The molecule has 0 N–H and O–H groups in total. The van der Waals surface area contributed by atoms with Gasteiger partial charge in [-0.05, 0) is 5.56 Å². The Balaban J connectivity index is 2.55. The van der Waals surface area contributed by atoms with Crippen LogP contribution in [-0.2, 0) is 0 Å². The van der Waals surface area contributed by atoms with Gasteiger partial charge in [0.1, 0.15) is 0 Å². The van der Waals surface area contributed by atoms with Gasteiger partial charge in [-0.3, -0.25) is 4.99 Å². The van der Waals surface area contributed by atoms with Crippen molar-refractivity contribution in [3.05, 3.63) is 77.9 Å². The molecule has 0 aliphatic carbocycles. The van der Waals surface area contributed by atoms with Gasteiger partial charge in [-0.2, -0.15) is 0 Å². The van der Waals surface area contributed by atoms with Gasteiger partial charge < -0.3 is 0 Å². The van der Waals surface area contributed by atoms with Crippen LogP contribution in [0.1, 0.15) is 16.7 Å². The predicted octanol–water partition coefficient (Wildman–Crippen LogP) is 3.80. The summed E-state index contributed by atoms with van der Waals surface area (Å²) in [4.78, 5) is 4.41. The van der Waals surface area contributed by atoms with E-state index in [0.29, 0.717) is 0 Å². The lowest BCUT2D eigenvalue weighted by molar-refractivity contribution is 1.41. The minimum absolute atomic E-state index is 1.00. The third-order valence-electron chi connectivity index (χ3n) is 2.71. The van der Waals surface area contributed by atoms with Crippen LogP contribution in [0.2, 0.25) is 0 Å². The summed E-state index contributed by atoms with van der Waals surface area (Å²) in [6.45, 7) is 3.85. The van der Waals surface area contributed by atoms with Crippen LogP contribution in [0.5, 0.6) is 0 Å². The normalized spacial score (nSPS) is 11.2. The van der Waals surface area contributed by atoms with Crippen LogP contribution in [0.4, 0.5) is 0 Å². The van der Waals surface area contributed by atoms with Crippen molar-refractivity contribution >= 4 is 11.8 Å². The van der Waals surface area contributed by atoms with Gasteiger partial charge in [-0.1, -0.05) is 67.3 Å². The minimum Gasteiger partial charge on any atom is -0.287 e. The number of rotatable bonds is 3. The second-order valence-electron chi connectivity index (χ2n) is 3.73. The molecule has 17 heavy (non-hydrogen) atoms.